The number of rotatable bonds is 2. The molecule has 2 rings (SSSR count). The van der Waals surface area contributed by atoms with Crippen LogP contribution in [0.3, 0.4) is 0 Å². The Morgan fingerprint density at radius 1 is 1.46 bits per heavy atom. The van der Waals surface area contributed by atoms with Gasteiger partial charge in [0.1, 0.15) is 0 Å². The molecule has 2 unspecified atom stereocenters. The van der Waals surface area contributed by atoms with Crippen LogP contribution in [0.2, 0.25) is 4.34 Å². The lowest BCUT2D eigenvalue weighted by atomic mass is 10.2. The molecule has 0 radical (unpaired) electrons. The SMILES string of the molecule is NC1CCCC1Nc1ccc(Cl)s1. The van der Waals surface area contributed by atoms with Gasteiger partial charge in [0.15, 0.2) is 0 Å². The molecular formula is C9H13ClN2S. The predicted molar refractivity (Wildman–Crippen MR) is 58.6 cm³/mol. The monoisotopic (exact) mass is 216 g/mol. The summed E-state index contributed by atoms with van der Waals surface area (Å²) < 4.78 is 0.828. The number of nitrogens with two attached hydrogens (primary N) is 1. The van der Waals surface area contributed by atoms with Gasteiger partial charge in [0.25, 0.3) is 0 Å². The van der Waals surface area contributed by atoms with Gasteiger partial charge in [-0.1, -0.05) is 11.6 Å². The second kappa shape index (κ2) is 3.86. The minimum absolute atomic E-state index is 0.306. The first-order valence-corrected chi connectivity index (χ1v) is 5.72. The van der Waals surface area contributed by atoms with E-state index in [4.69, 9.17) is 17.3 Å². The average Bonchev–Trinajstić information content (AvgIpc) is 2.64. The van der Waals surface area contributed by atoms with E-state index in [0.717, 1.165) is 15.8 Å². The van der Waals surface area contributed by atoms with Crippen LogP contribution < -0.4 is 11.1 Å². The van der Waals surface area contributed by atoms with Crippen molar-refractivity contribution >= 4 is 27.9 Å². The molecule has 3 N–H and O–H groups in total. The van der Waals surface area contributed by atoms with Gasteiger partial charge in [-0.05, 0) is 31.4 Å². The standard InChI is InChI=1S/C9H13ClN2S/c10-8-4-5-9(13-8)12-7-3-1-2-6(7)11/h4-7,12H,1-3,11H2. The van der Waals surface area contributed by atoms with Gasteiger partial charge in [0.05, 0.1) is 9.34 Å². The van der Waals surface area contributed by atoms with E-state index >= 15 is 0 Å². The molecule has 2 atom stereocenters. The largest absolute Gasteiger partial charge is 0.373 e. The summed E-state index contributed by atoms with van der Waals surface area (Å²) in [6, 6.07) is 4.67. The van der Waals surface area contributed by atoms with E-state index in [0.29, 0.717) is 12.1 Å². The molecule has 1 aliphatic carbocycles. The molecular weight excluding hydrogens is 204 g/mol. The van der Waals surface area contributed by atoms with Gasteiger partial charge >= 0.3 is 0 Å². The first-order chi connectivity index (χ1) is 6.25. The molecule has 2 nitrogen and oxygen atoms in total. The van der Waals surface area contributed by atoms with Gasteiger partial charge in [0.2, 0.25) is 0 Å². The second-order valence-electron chi connectivity index (χ2n) is 3.45. The fourth-order valence-corrected chi connectivity index (χ4v) is 2.75. The molecule has 1 aromatic rings. The smallest absolute Gasteiger partial charge is 0.0950 e. The first-order valence-electron chi connectivity index (χ1n) is 4.53. The Hall–Kier alpha value is -0.250. The van der Waals surface area contributed by atoms with Crippen LogP contribution in [-0.2, 0) is 0 Å². The lowest BCUT2D eigenvalue weighted by molar-refractivity contribution is 0.639. The Bertz CT molecular complexity index is 287. The first kappa shape index (κ1) is 9.31. The van der Waals surface area contributed by atoms with Gasteiger partial charge in [-0.15, -0.1) is 11.3 Å². The summed E-state index contributed by atoms with van der Waals surface area (Å²) in [5, 5.41) is 4.55. The van der Waals surface area contributed by atoms with Crippen LogP contribution in [0.4, 0.5) is 5.00 Å². The summed E-state index contributed by atoms with van der Waals surface area (Å²) >= 11 is 7.40. The van der Waals surface area contributed by atoms with Crippen molar-refractivity contribution in [2.45, 2.75) is 31.3 Å². The molecule has 0 amide bonds. The summed E-state index contributed by atoms with van der Waals surface area (Å²) in [5.41, 5.74) is 5.94. The van der Waals surface area contributed by atoms with Crippen LogP contribution in [0.5, 0.6) is 0 Å². The maximum absolute atomic E-state index is 5.94. The lowest BCUT2D eigenvalue weighted by Crippen LogP contribution is -2.34. The minimum atomic E-state index is 0.306. The van der Waals surface area contributed by atoms with Crippen molar-refractivity contribution in [3.8, 4) is 0 Å². The van der Waals surface area contributed by atoms with E-state index < -0.39 is 0 Å². The van der Waals surface area contributed by atoms with Crippen molar-refractivity contribution in [3.05, 3.63) is 16.5 Å². The molecule has 1 fully saturated rings. The minimum Gasteiger partial charge on any atom is -0.373 e. The predicted octanol–water partition coefficient (Wildman–Crippen LogP) is 2.69. The Labute approximate surface area is 87.1 Å². The molecule has 0 bridgehead atoms. The zero-order valence-corrected chi connectivity index (χ0v) is 8.87. The van der Waals surface area contributed by atoms with Gasteiger partial charge in [0, 0.05) is 12.1 Å². The number of nitrogens with one attached hydrogen (secondary N) is 1. The molecule has 72 valence electrons. The van der Waals surface area contributed by atoms with Crippen molar-refractivity contribution in [3.63, 3.8) is 0 Å². The average molecular weight is 217 g/mol. The molecule has 4 heteroatoms. The van der Waals surface area contributed by atoms with E-state index in [1.807, 2.05) is 12.1 Å². The van der Waals surface area contributed by atoms with Gasteiger partial charge in [-0.25, -0.2) is 0 Å². The maximum atomic E-state index is 5.94. The van der Waals surface area contributed by atoms with Crippen molar-refractivity contribution < 1.29 is 0 Å². The van der Waals surface area contributed by atoms with E-state index in [-0.39, 0.29) is 0 Å². The topological polar surface area (TPSA) is 38.0 Å². The summed E-state index contributed by atoms with van der Waals surface area (Å²) in [6.07, 6.45) is 3.55. The molecule has 13 heavy (non-hydrogen) atoms. The Balaban J connectivity index is 1.97. The highest BCUT2D eigenvalue weighted by atomic mass is 35.5. The van der Waals surface area contributed by atoms with Crippen LogP contribution in [0, 0.1) is 0 Å². The third kappa shape index (κ3) is 2.16. The molecule has 0 spiro atoms. The molecule has 1 aromatic heterocycles. The van der Waals surface area contributed by atoms with Crippen LogP contribution in [0.25, 0.3) is 0 Å². The zero-order valence-electron chi connectivity index (χ0n) is 7.29. The Kier molecular flexibility index (Phi) is 2.77. The molecule has 0 aliphatic heterocycles. The van der Waals surface area contributed by atoms with Crippen molar-refractivity contribution in [2.75, 3.05) is 5.32 Å². The van der Waals surface area contributed by atoms with Gasteiger partial charge < -0.3 is 11.1 Å². The summed E-state index contributed by atoms with van der Waals surface area (Å²) in [6.45, 7) is 0. The molecule has 1 saturated carbocycles. The molecule has 1 aliphatic rings. The van der Waals surface area contributed by atoms with Crippen molar-refractivity contribution in [1.82, 2.24) is 0 Å². The number of hydrogen-bond acceptors (Lipinski definition) is 3. The Morgan fingerprint density at radius 3 is 2.85 bits per heavy atom. The lowest BCUT2D eigenvalue weighted by Gasteiger charge is -2.16. The van der Waals surface area contributed by atoms with Gasteiger partial charge in [-0.3, -0.25) is 0 Å². The van der Waals surface area contributed by atoms with Crippen molar-refractivity contribution in [2.24, 2.45) is 5.73 Å². The van der Waals surface area contributed by atoms with Crippen LogP contribution in [0.1, 0.15) is 19.3 Å². The zero-order chi connectivity index (χ0) is 9.26. The van der Waals surface area contributed by atoms with Crippen LogP contribution >= 0.6 is 22.9 Å². The van der Waals surface area contributed by atoms with Crippen molar-refractivity contribution in [1.29, 1.82) is 0 Å². The van der Waals surface area contributed by atoms with E-state index in [1.165, 1.54) is 12.8 Å². The normalized spacial score (nSPS) is 27.8. The third-order valence-electron chi connectivity index (χ3n) is 2.47. The van der Waals surface area contributed by atoms with E-state index in [9.17, 15) is 0 Å². The van der Waals surface area contributed by atoms with Crippen LogP contribution in [0.15, 0.2) is 12.1 Å². The van der Waals surface area contributed by atoms with Gasteiger partial charge in [-0.2, -0.15) is 0 Å². The van der Waals surface area contributed by atoms with E-state index in [2.05, 4.69) is 5.32 Å². The second-order valence-corrected chi connectivity index (χ2v) is 5.16. The number of thiophene rings is 1. The highest BCUT2D eigenvalue weighted by molar-refractivity contribution is 7.19. The quantitative estimate of drug-likeness (QED) is 0.798. The summed E-state index contributed by atoms with van der Waals surface area (Å²) in [7, 11) is 0. The van der Waals surface area contributed by atoms with Crippen LogP contribution in [-0.4, -0.2) is 12.1 Å². The number of anilines is 1. The summed E-state index contributed by atoms with van der Waals surface area (Å²) in [5.74, 6) is 0. The fourth-order valence-electron chi connectivity index (χ4n) is 1.74. The molecule has 1 heterocycles. The number of halogens is 1. The highest BCUT2D eigenvalue weighted by Crippen LogP contribution is 2.29. The number of hydrogen-bond donors (Lipinski definition) is 2. The molecule has 0 saturated heterocycles. The summed E-state index contributed by atoms with van der Waals surface area (Å²) in [4.78, 5) is 0. The fraction of sp³-hybridized carbons (Fsp3) is 0.556. The molecule has 0 aromatic carbocycles. The maximum Gasteiger partial charge on any atom is 0.0950 e. The third-order valence-corrected chi connectivity index (χ3v) is 3.63. The highest BCUT2D eigenvalue weighted by Gasteiger charge is 2.23. The van der Waals surface area contributed by atoms with E-state index in [1.54, 1.807) is 11.3 Å². The Morgan fingerprint density at radius 2 is 2.31 bits per heavy atom.